The number of para-hydroxylation sites is 1. The minimum Gasteiger partial charge on any atom is -0.345 e. The fraction of sp³-hybridized carbons (Fsp3) is 0.389. The lowest BCUT2D eigenvalue weighted by molar-refractivity contribution is 0.0740. The first kappa shape index (κ1) is 16.1. The van der Waals surface area contributed by atoms with Crippen LogP contribution in [0.5, 0.6) is 0 Å². The van der Waals surface area contributed by atoms with Crippen LogP contribution < -0.4 is 4.90 Å². The van der Waals surface area contributed by atoms with Gasteiger partial charge in [-0.2, -0.15) is 5.10 Å². The number of aromatic nitrogens is 3. The molecule has 4 rings (SSSR count). The summed E-state index contributed by atoms with van der Waals surface area (Å²) in [6.07, 6.45) is 0. The van der Waals surface area contributed by atoms with Crippen molar-refractivity contribution < 1.29 is 4.79 Å². The van der Waals surface area contributed by atoms with Crippen molar-refractivity contribution in [2.75, 3.05) is 31.1 Å². The van der Waals surface area contributed by atoms with Crippen LogP contribution in [0, 0.1) is 6.92 Å². The molecule has 1 fully saturated rings. The summed E-state index contributed by atoms with van der Waals surface area (Å²) in [6, 6.07) is 10.1. The summed E-state index contributed by atoms with van der Waals surface area (Å²) in [5, 5.41) is 5.45. The summed E-state index contributed by atoms with van der Waals surface area (Å²) in [6.45, 7) is 7.81. The highest BCUT2D eigenvalue weighted by Gasteiger charge is 2.25. The molecule has 1 aromatic carbocycles. The van der Waals surface area contributed by atoms with E-state index in [0.29, 0.717) is 18.8 Å². The van der Waals surface area contributed by atoms with E-state index in [4.69, 9.17) is 4.98 Å². The molecular formula is C18H21N5OS. The first-order chi connectivity index (χ1) is 12.2. The number of fused-ring (bicyclic) bond motifs is 1. The molecule has 0 saturated carbocycles. The summed E-state index contributed by atoms with van der Waals surface area (Å²) < 4.78 is 3.07. The average molecular weight is 355 g/mol. The van der Waals surface area contributed by atoms with Gasteiger partial charge in [-0.1, -0.05) is 23.5 Å². The van der Waals surface area contributed by atoms with E-state index in [2.05, 4.69) is 16.1 Å². The highest BCUT2D eigenvalue weighted by Crippen LogP contribution is 2.29. The molecule has 0 spiro atoms. The summed E-state index contributed by atoms with van der Waals surface area (Å²) in [4.78, 5) is 21.6. The SMILES string of the molecule is CCn1nc(C(=O)N2CCN(c3nc4ccccc4s3)CC2)cc1C. The zero-order chi connectivity index (χ0) is 17.4. The molecule has 130 valence electrons. The number of nitrogens with zero attached hydrogens (tertiary/aromatic N) is 5. The number of anilines is 1. The van der Waals surface area contributed by atoms with Crippen LogP contribution in [0.2, 0.25) is 0 Å². The Bertz CT molecular complexity index is 874. The maximum absolute atomic E-state index is 12.7. The summed E-state index contributed by atoms with van der Waals surface area (Å²) in [5.41, 5.74) is 2.62. The van der Waals surface area contributed by atoms with Gasteiger partial charge < -0.3 is 9.80 Å². The van der Waals surface area contributed by atoms with Crippen LogP contribution >= 0.6 is 11.3 Å². The van der Waals surface area contributed by atoms with Crippen LogP contribution in [0.4, 0.5) is 5.13 Å². The maximum Gasteiger partial charge on any atom is 0.274 e. The minimum atomic E-state index is 0.0271. The molecule has 0 radical (unpaired) electrons. The number of thiazole rings is 1. The fourth-order valence-electron chi connectivity index (χ4n) is 3.19. The molecule has 1 aliphatic rings. The van der Waals surface area contributed by atoms with Gasteiger partial charge in [0.15, 0.2) is 10.8 Å². The molecule has 7 heteroatoms. The Morgan fingerprint density at radius 2 is 1.96 bits per heavy atom. The van der Waals surface area contributed by atoms with Gasteiger partial charge in [0.05, 0.1) is 10.2 Å². The largest absolute Gasteiger partial charge is 0.345 e. The molecule has 0 unspecified atom stereocenters. The van der Waals surface area contributed by atoms with Gasteiger partial charge >= 0.3 is 0 Å². The van der Waals surface area contributed by atoms with E-state index < -0.39 is 0 Å². The summed E-state index contributed by atoms with van der Waals surface area (Å²) in [5.74, 6) is 0.0271. The first-order valence-corrected chi connectivity index (χ1v) is 9.41. The topological polar surface area (TPSA) is 54.3 Å². The van der Waals surface area contributed by atoms with Crippen molar-refractivity contribution >= 4 is 32.6 Å². The molecule has 1 saturated heterocycles. The predicted octanol–water partition coefficient (Wildman–Crippen LogP) is 2.78. The number of hydrogen-bond acceptors (Lipinski definition) is 5. The van der Waals surface area contributed by atoms with E-state index in [-0.39, 0.29) is 5.91 Å². The van der Waals surface area contributed by atoms with Crippen molar-refractivity contribution in [3.8, 4) is 0 Å². The molecule has 0 bridgehead atoms. The Kier molecular flexibility index (Phi) is 4.17. The van der Waals surface area contributed by atoms with E-state index in [9.17, 15) is 4.79 Å². The normalized spacial score (nSPS) is 15.1. The molecule has 25 heavy (non-hydrogen) atoms. The third-order valence-corrected chi connectivity index (χ3v) is 5.72. The van der Waals surface area contributed by atoms with Gasteiger partial charge in [-0.25, -0.2) is 4.98 Å². The zero-order valence-corrected chi connectivity index (χ0v) is 15.3. The van der Waals surface area contributed by atoms with Gasteiger partial charge in [0.1, 0.15) is 0 Å². The zero-order valence-electron chi connectivity index (χ0n) is 14.5. The van der Waals surface area contributed by atoms with Gasteiger partial charge in [-0.05, 0) is 32.0 Å². The molecular weight excluding hydrogens is 334 g/mol. The van der Waals surface area contributed by atoms with Crippen LogP contribution in [0.25, 0.3) is 10.2 Å². The Balaban J connectivity index is 1.44. The Morgan fingerprint density at radius 3 is 2.64 bits per heavy atom. The standard InChI is InChI=1S/C18H21N5OS/c1-3-23-13(2)12-15(20-23)17(24)21-8-10-22(11-9-21)18-19-14-6-4-5-7-16(14)25-18/h4-7,12H,3,8-11H2,1-2H3. The molecule has 3 aromatic rings. The number of carbonyl (C=O) groups is 1. The number of hydrogen-bond donors (Lipinski definition) is 0. The molecule has 3 heterocycles. The van der Waals surface area contributed by atoms with E-state index in [0.717, 1.165) is 36.0 Å². The molecule has 1 aliphatic heterocycles. The third-order valence-electron chi connectivity index (χ3n) is 4.62. The Hall–Kier alpha value is -2.41. The number of piperazine rings is 1. The van der Waals surface area contributed by atoms with Gasteiger partial charge in [0.25, 0.3) is 5.91 Å². The van der Waals surface area contributed by atoms with Crippen LogP contribution in [0.1, 0.15) is 23.1 Å². The highest BCUT2D eigenvalue weighted by molar-refractivity contribution is 7.22. The molecule has 1 amide bonds. The Morgan fingerprint density at radius 1 is 1.20 bits per heavy atom. The van der Waals surface area contributed by atoms with Crippen LogP contribution in [0.15, 0.2) is 30.3 Å². The van der Waals surface area contributed by atoms with E-state index in [1.54, 1.807) is 11.3 Å². The Labute approximate surface area is 150 Å². The van der Waals surface area contributed by atoms with Gasteiger partial charge in [0, 0.05) is 38.4 Å². The molecule has 0 N–H and O–H groups in total. The molecule has 0 aliphatic carbocycles. The second kappa shape index (κ2) is 6.48. The monoisotopic (exact) mass is 355 g/mol. The second-order valence-corrected chi connectivity index (χ2v) is 7.24. The van der Waals surface area contributed by atoms with Gasteiger partial charge in [-0.3, -0.25) is 9.48 Å². The van der Waals surface area contributed by atoms with Crippen molar-refractivity contribution in [2.45, 2.75) is 20.4 Å². The third kappa shape index (κ3) is 3.00. The summed E-state index contributed by atoms with van der Waals surface area (Å²) >= 11 is 1.71. The van der Waals surface area contributed by atoms with Crippen LogP contribution in [0.3, 0.4) is 0 Å². The highest BCUT2D eigenvalue weighted by atomic mass is 32.1. The fourth-order valence-corrected chi connectivity index (χ4v) is 4.21. The van der Waals surface area contributed by atoms with Crippen LogP contribution in [-0.2, 0) is 6.54 Å². The van der Waals surface area contributed by atoms with Crippen LogP contribution in [-0.4, -0.2) is 51.8 Å². The second-order valence-electron chi connectivity index (χ2n) is 6.23. The maximum atomic E-state index is 12.7. The molecule has 2 aromatic heterocycles. The van der Waals surface area contributed by atoms with Crippen molar-refractivity contribution in [3.05, 3.63) is 41.7 Å². The van der Waals surface area contributed by atoms with Crippen molar-refractivity contribution in [1.29, 1.82) is 0 Å². The minimum absolute atomic E-state index is 0.0271. The molecule has 6 nitrogen and oxygen atoms in total. The lowest BCUT2D eigenvalue weighted by Crippen LogP contribution is -2.48. The predicted molar refractivity (Wildman–Crippen MR) is 100 cm³/mol. The number of benzene rings is 1. The van der Waals surface area contributed by atoms with E-state index >= 15 is 0 Å². The lowest BCUT2D eigenvalue weighted by atomic mass is 10.2. The average Bonchev–Trinajstić information content (AvgIpc) is 3.24. The van der Waals surface area contributed by atoms with E-state index in [1.807, 2.05) is 47.7 Å². The smallest absolute Gasteiger partial charge is 0.274 e. The van der Waals surface area contributed by atoms with Crippen molar-refractivity contribution in [3.63, 3.8) is 0 Å². The van der Waals surface area contributed by atoms with Gasteiger partial charge in [-0.15, -0.1) is 0 Å². The van der Waals surface area contributed by atoms with Crippen molar-refractivity contribution in [1.82, 2.24) is 19.7 Å². The van der Waals surface area contributed by atoms with E-state index in [1.165, 1.54) is 4.70 Å². The first-order valence-electron chi connectivity index (χ1n) is 8.60. The lowest BCUT2D eigenvalue weighted by Gasteiger charge is -2.34. The van der Waals surface area contributed by atoms with Gasteiger partial charge in [0.2, 0.25) is 0 Å². The molecule has 0 atom stereocenters. The van der Waals surface area contributed by atoms with Crippen molar-refractivity contribution in [2.24, 2.45) is 0 Å². The number of amides is 1. The number of aryl methyl sites for hydroxylation is 2. The summed E-state index contributed by atoms with van der Waals surface area (Å²) in [7, 11) is 0. The number of rotatable bonds is 3. The quantitative estimate of drug-likeness (QED) is 0.725. The number of carbonyl (C=O) groups excluding carboxylic acids is 1.